The van der Waals surface area contributed by atoms with E-state index < -0.39 is 11.5 Å². The van der Waals surface area contributed by atoms with Gasteiger partial charge in [-0.15, -0.1) is 0 Å². The van der Waals surface area contributed by atoms with Gasteiger partial charge in [-0.25, -0.2) is 4.98 Å². The Hall–Kier alpha value is -4.32. The summed E-state index contributed by atoms with van der Waals surface area (Å²) in [4.78, 5) is 32.2. The summed E-state index contributed by atoms with van der Waals surface area (Å²) in [7, 11) is 1.51. The molecule has 0 unspecified atom stereocenters. The molecule has 0 spiro atoms. The van der Waals surface area contributed by atoms with E-state index in [-0.39, 0.29) is 22.3 Å². The number of hydrogen-bond acceptors (Lipinski definition) is 7. The van der Waals surface area contributed by atoms with Crippen molar-refractivity contribution in [3.05, 3.63) is 63.3 Å². The zero-order valence-electron chi connectivity index (χ0n) is 19.8. The predicted octanol–water partition coefficient (Wildman–Crippen LogP) is 3.22. The van der Waals surface area contributed by atoms with Gasteiger partial charge in [0.15, 0.2) is 5.58 Å². The number of phenols is 1. The second-order valence-corrected chi connectivity index (χ2v) is 9.49. The molecule has 1 aliphatic heterocycles. The summed E-state index contributed by atoms with van der Waals surface area (Å²) < 4.78 is 7.37. The Morgan fingerprint density at radius 1 is 1.26 bits per heavy atom. The minimum Gasteiger partial charge on any atom is -0.506 e. The minimum absolute atomic E-state index is 0.0523. The maximum atomic E-state index is 13.1. The normalized spacial score (nSPS) is 15.4. The number of primary amides is 1. The van der Waals surface area contributed by atoms with Gasteiger partial charge in [-0.05, 0) is 43.5 Å². The number of anilines is 1. The van der Waals surface area contributed by atoms with Crippen LogP contribution in [0.15, 0.2) is 39.5 Å². The fraction of sp³-hybridized carbons (Fsp3) is 0.308. The van der Waals surface area contributed by atoms with Gasteiger partial charge in [0.25, 0.3) is 11.5 Å². The van der Waals surface area contributed by atoms with Crippen LogP contribution in [0.5, 0.6) is 5.75 Å². The summed E-state index contributed by atoms with van der Waals surface area (Å²) in [6, 6.07) is 10.7. The number of aromatic hydroxyl groups is 1. The number of amides is 1. The molecule has 0 atom stereocenters. The molecule has 35 heavy (non-hydrogen) atoms. The van der Waals surface area contributed by atoms with Crippen molar-refractivity contribution in [1.82, 2.24) is 9.55 Å². The molecule has 1 aliphatic rings. The van der Waals surface area contributed by atoms with E-state index in [4.69, 9.17) is 15.1 Å². The molecule has 9 heteroatoms. The molecular weight excluding hydrogens is 446 g/mol. The number of benzene rings is 2. The number of oxazole rings is 1. The van der Waals surface area contributed by atoms with E-state index in [9.17, 15) is 20.0 Å². The van der Waals surface area contributed by atoms with Gasteiger partial charge in [0.05, 0.1) is 16.8 Å². The minimum atomic E-state index is -0.836. The number of carbonyl (C=O) groups excluding carboxylic acids is 1. The molecule has 4 aromatic rings. The fourth-order valence-electron chi connectivity index (χ4n) is 4.93. The first kappa shape index (κ1) is 22.5. The monoisotopic (exact) mass is 471 g/mol. The Balaban J connectivity index is 1.59. The van der Waals surface area contributed by atoms with E-state index in [1.165, 1.54) is 23.7 Å². The summed E-state index contributed by atoms with van der Waals surface area (Å²) in [5.41, 5.74) is 8.18. The summed E-state index contributed by atoms with van der Waals surface area (Å²) >= 11 is 0. The fourth-order valence-corrected chi connectivity index (χ4v) is 4.93. The van der Waals surface area contributed by atoms with Crippen LogP contribution in [0.25, 0.3) is 22.0 Å². The van der Waals surface area contributed by atoms with Gasteiger partial charge in [0.2, 0.25) is 5.89 Å². The van der Waals surface area contributed by atoms with Crippen molar-refractivity contribution in [2.24, 2.45) is 12.8 Å². The quantitative estimate of drug-likeness (QED) is 0.468. The molecule has 0 bridgehead atoms. The molecule has 2 aromatic carbocycles. The number of piperidine rings is 1. The van der Waals surface area contributed by atoms with Gasteiger partial charge >= 0.3 is 0 Å². The molecular formula is C26H25N5O4. The molecule has 1 saturated heterocycles. The smallest absolute Gasteiger partial charge is 0.265 e. The van der Waals surface area contributed by atoms with Gasteiger partial charge in [0, 0.05) is 37.0 Å². The van der Waals surface area contributed by atoms with Gasteiger partial charge in [-0.1, -0.05) is 13.0 Å². The largest absolute Gasteiger partial charge is 0.506 e. The Labute approximate surface area is 201 Å². The summed E-state index contributed by atoms with van der Waals surface area (Å²) in [6.45, 7) is 5.14. The highest BCUT2D eigenvalue weighted by Gasteiger charge is 2.38. The molecule has 5 rings (SSSR count). The third-order valence-corrected chi connectivity index (χ3v) is 7.10. The molecule has 1 fully saturated rings. The van der Waals surface area contributed by atoms with Crippen LogP contribution >= 0.6 is 0 Å². The lowest BCUT2D eigenvalue weighted by Crippen LogP contribution is -2.43. The second-order valence-electron chi connectivity index (χ2n) is 9.49. The van der Waals surface area contributed by atoms with E-state index in [0.717, 1.165) is 16.7 Å². The number of nitrogens with zero attached hydrogens (tertiary/aromatic N) is 4. The number of aromatic nitrogens is 2. The van der Waals surface area contributed by atoms with Crippen LogP contribution in [-0.2, 0) is 12.5 Å². The number of hydrogen-bond donors (Lipinski definition) is 2. The van der Waals surface area contributed by atoms with Crippen LogP contribution in [0.4, 0.5) is 5.69 Å². The molecule has 3 heterocycles. The van der Waals surface area contributed by atoms with Crippen molar-refractivity contribution in [2.75, 3.05) is 18.0 Å². The van der Waals surface area contributed by atoms with Crippen molar-refractivity contribution in [3.8, 4) is 11.8 Å². The Kier molecular flexibility index (Phi) is 5.06. The summed E-state index contributed by atoms with van der Waals surface area (Å²) in [5.74, 6) is -0.402. The number of aryl methyl sites for hydroxylation is 2. The first-order valence-electron chi connectivity index (χ1n) is 11.3. The number of nitrogens with two attached hydrogens (primary N) is 1. The maximum absolute atomic E-state index is 13.1. The molecule has 0 saturated carbocycles. The molecule has 2 aromatic heterocycles. The van der Waals surface area contributed by atoms with Crippen molar-refractivity contribution in [3.63, 3.8) is 0 Å². The van der Waals surface area contributed by atoms with Gasteiger partial charge < -0.3 is 24.7 Å². The highest BCUT2D eigenvalue weighted by atomic mass is 16.3. The van der Waals surface area contributed by atoms with Gasteiger partial charge in [-0.2, -0.15) is 5.26 Å². The molecule has 0 radical (unpaired) electrons. The van der Waals surface area contributed by atoms with Crippen LogP contribution in [0.3, 0.4) is 0 Å². The average Bonchev–Trinajstić information content (AvgIpc) is 3.26. The molecule has 0 aliphatic carbocycles. The van der Waals surface area contributed by atoms with Crippen molar-refractivity contribution in [2.45, 2.75) is 32.1 Å². The molecule has 3 N–H and O–H groups in total. The summed E-state index contributed by atoms with van der Waals surface area (Å²) in [6.07, 6.45) is 1.33. The van der Waals surface area contributed by atoms with Gasteiger partial charge in [0.1, 0.15) is 22.9 Å². The Bertz CT molecular complexity index is 1620. The molecule has 9 nitrogen and oxygen atoms in total. The van der Waals surface area contributed by atoms with Crippen molar-refractivity contribution < 1.29 is 14.3 Å². The highest BCUT2D eigenvalue weighted by Crippen LogP contribution is 2.40. The number of pyridine rings is 1. The number of fused-ring (bicyclic) bond motifs is 2. The molecule has 178 valence electrons. The van der Waals surface area contributed by atoms with E-state index in [0.29, 0.717) is 48.4 Å². The average molecular weight is 472 g/mol. The van der Waals surface area contributed by atoms with E-state index in [1.807, 2.05) is 36.1 Å². The standard InChI is InChI=1S/C26H25N5O4/c1-14-4-5-20-17(10-14)29-25(35-20)26(2)6-8-31(9-7-26)22-16-11-15(13-27)19(32)12-18(16)30(3)24(34)21(22)23(28)33/h4-5,10-12,32H,6-9H2,1-3H3,(H2,28,33). The van der Waals surface area contributed by atoms with Crippen LogP contribution in [0, 0.1) is 18.3 Å². The lowest BCUT2D eigenvalue weighted by molar-refractivity contribution is 0.0999. The predicted molar refractivity (Wildman–Crippen MR) is 132 cm³/mol. The van der Waals surface area contributed by atoms with Crippen LogP contribution in [0.2, 0.25) is 0 Å². The first-order valence-corrected chi connectivity index (χ1v) is 11.3. The van der Waals surface area contributed by atoms with Crippen LogP contribution in [-0.4, -0.2) is 33.7 Å². The lowest BCUT2D eigenvalue weighted by atomic mass is 9.80. The maximum Gasteiger partial charge on any atom is 0.265 e. The van der Waals surface area contributed by atoms with Gasteiger partial charge in [-0.3, -0.25) is 9.59 Å². The highest BCUT2D eigenvalue weighted by molar-refractivity contribution is 6.07. The third-order valence-electron chi connectivity index (χ3n) is 7.10. The van der Waals surface area contributed by atoms with E-state index >= 15 is 0 Å². The SMILES string of the molecule is Cc1ccc2oc(C3(C)CCN(c4c(C(N)=O)c(=O)n(C)c5cc(O)c(C#N)cc45)CC3)nc2c1. The van der Waals surface area contributed by atoms with E-state index in [1.54, 1.807) is 0 Å². The first-order chi connectivity index (χ1) is 16.6. The van der Waals surface area contributed by atoms with Crippen molar-refractivity contribution >= 4 is 33.6 Å². The lowest BCUT2D eigenvalue weighted by Gasteiger charge is -2.39. The Morgan fingerprint density at radius 2 is 1.97 bits per heavy atom. The number of phenolic OH excluding ortho intramolecular Hbond substituents is 1. The zero-order chi connectivity index (χ0) is 25.1. The second kappa shape index (κ2) is 7.87. The van der Waals surface area contributed by atoms with Crippen LogP contribution in [0.1, 0.15) is 47.1 Å². The summed E-state index contributed by atoms with van der Waals surface area (Å²) in [5, 5.41) is 20.2. The van der Waals surface area contributed by atoms with Crippen molar-refractivity contribution in [1.29, 1.82) is 5.26 Å². The topological polar surface area (TPSA) is 138 Å². The number of rotatable bonds is 3. The number of nitriles is 1. The molecule has 1 amide bonds. The third kappa shape index (κ3) is 3.49. The number of carbonyl (C=O) groups is 1. The van der Waals surface area contributed by atoms with Crippen LogP contribution < -0.4 is 16.2 Å². The zero-order valence-corrected chi connectivity index (χ0v) is 19.8. The van der Waals surface area contributed by atoms with E-state index in [2.05, 4.69) is 6.92 Å². The Morgan fingerprint density at radius 3 is 2.63 bits per heavy atom.